The number of hydrogen-bond acceptors (Lipinski definition) is 3. The molecule has 0 fully saturated rings. The second-order valence-corrected chi connectivity index (χ2v) is 6.23. The monoisotopic (exact) mass is 329 g/mol. The maximum atomic E-state index is 12.0. The average molecular weight is 329 g/mol. The molecule has 0 aliphatic rings. The van der Waals surface area contributed by atoms with Crippen LogP contribution in [0.25, 0.3) is 0 Å². The smallest absolute Gasteiger partial charge is 0.326 e. The summed E-state index contributed by atoms with van der Waals surface area (Å²) in [6.45, 7) is 0. The molecule has 0 spiro atoms. The largest absolute Gasteiger partial charge is 0.480 e. The summed E-state index contributed by atoms with van der Waals surface area (Å²) in [7, 11) is 0. The minimum atomic E-state index is -1.02. The third-order valence-electron chi connectivity index (χ3n) is 3.26. The summed E-state index contributed by atoms with van der Waals surface area (Å²) in [6.07, 6.45) is 0.575. The van der Waals surface area contributed by atoms with Gasteiger partial charge in [0.25, 0.3) is 0 Å². The highest BCUT2D eigenvalue weighted by atomic mass is 32.2. The summed E-state index contributed by atoms with van der Waals surface area (Å²) in [5, 5.41) is 11.9. The lowest BCUT2D eigenvalue weighted by Gasteiger charge is -2.14. The minimum absolute atomic E-state index is 0.239. The Hall–Kier alpha value is -2.27. The van der Waals surface area contributed by atoms with Gasteiger partial charge >= 0.3 is 5.97 Å². The summed E-state index contributed by atoms with van der Waals surface area (Å²) < 4.78 is 0. The fourth-order valence-corrected chi connectivity index (χ4v) is 2.97. The Bertz CT molecular complexity index is 631. The summed E-state index contributed by atoms with van der Waals surface area (Å²) in [6, 6.07) is 18.2. The first-order valence-corrected chi connectivity index (χ1v) is 8.37. The van der Waals surface area contributed by atoms with Gasteiger partial charge in [-0.05, 0) is 17.7 Å². The SMILES string of the molecule is O=C(CCSc1ccccc1)N[C@@H](Cc1ccccc1)C(=O)O. The Kier molecular flexibility index (Phi) is 6.69. The van der Waals surface area contributed by atoms with E-state index in [0.29, 0.717) is 5.75 Å². The molecule has 0 heterocycles. The Morgan fingerprint density at radius 2 is 1.61 bits per heavy atom. The van der Waals surface area contributed by atoms with Crippen molar-refractivity contribution in [3.05, 3.63) is 66.2 Å². The molecule has 0 aromatic heterocycles. The highest BCUT2D eigenvalue weighted by Gasteiger charge is 2.20. The molecule has 1 amide bonds. The van der Waals surface area contributed by atoms with Gasteiger partial charge in [-0.1, -0.05) is 48.5 Å². The molecule has 0 aliphatic carbocycles. The molecule has 0 unspecified atom stereocenters. The van der Waals surface area contributed by atoms with Crippen LogP contribution in [0.1, 0.15) is 12.0 Å². The van der Waals surface area contributed by atoms with E-state index in [1.165, 1.54) is 0 Å². The quantitative estimate of drug-likeness (QED) is 0.731. The molecule has 4 nitrogen and oxygen atoms in total. The van der Waals surface area contributed by atoms with E-state index in [2.05, 4.69) is 5.32 Å². The van der Waals surface area contributed by atoms with Crippen molar-refractivity contribution in [1.82, 2.24) is 5.32 Å². The lowest BCUT2D eigenvalue weighted by atomic mass is 10.1. The van der Waals surface area contributed by atoms with Crippen LogP contribution >= 0.6 is 11.8 Å². The molecule has 23 heavy (non-hydrogen) atoms. The maximum Gasteiger partial charge on any atom is 0.326 e. The van der Waals surface area contributed by atoms with Gasteiger partial charge in [0.15, 0.2) is 0 Å². The number of benzene rings is 2. The van der Waals surface area contributed by atoms with Gasteiger partial charge in [0.05, 0.1) is 0 Å². The predicted octanol–water partition coefficient (Wildman–Crippen LogP) is 2.98. The number of hydrogen-bond donors (Lipinski definition) is 2. The number of thioether (sulfide) groups is 1. The van der Waals surface area contributed by atoms with Crippen molar-refractivity contribution >= 4 is 23.6 Å². The standard InChI is InChI=1S/C18H19NO3S/c20-17(11-12-23-15-9-5-2-6-10-15)19-16(18(21)22)13-14-7-3-1-4-8-14/h1-10,16H,11-13H2,(H,19,20)(H,21,22)/t16-/m0/s1. The van der Waals surface area contributed by atoms with Crippen LogP contribution in [0, 0.1) is 0 Å². The highest BCUT2D eigenvalue weighted by Crippen LogP contribution is 2.17. The summed E-state index contributed by atoms with van der Waals surface area (Å²) in [5.74, 6) is -0.636. The molecule has 2 aromatic rings. The average Bonchev–Trinajstić information content (AvgIpc) is 2.56. The van der Waals surface area contributed by atoms with Crippen LogP contribution in [0.3, 0.4) is 0 Å². The topological polar surface area (TPSA) is 66.4 Å². The van der Waals surface area contributed by atoms with Crippen LogP contribution in [0.4, 0.5) is 0 Å². The number of carboxylic acids is 1. The van der Waals surface area contributed by atoms with Gasteiger partial charge in [-0.15, -0.1) is 11.8 Å². The third-order valence-corrected chi connectivity index (χ3v) is 4.27. The van der Waals surface area contributed by atoms with Gasteiger partial charge in [-0.3, -0.25) is 4.79 Å². The first-order chi connectivity index (χ1) is 11.1. The predicted molar refractivity (Wildman–Crippen MR) is 91.5 cm³/mol. The van der Waals surface area contributed by atoms with Gasteiger partial charge in [0, 0.05) is 23.5 Å². The second-order valence-electron chi connectivity index (χ2n) is 5.06. The summed E-state index contributed by atoms with van der Waals surface area (Å²) >= 11 is 1.58. The van der Waals surface area contributed by atoms with E-state index in [1.807, 2.05) is 60.7 Å². The van der Waals surface area contributed by atoms with Crippen molar-refractivity contribution in [1.29, 1.82) is 0 Å². The molecule has 0 aliphatic heterocycles. The molecule has 2 aromatic carbocycles. The Morgan fingerprint density at radius 1 is 1.00 bits per heavy atom. The van der Waals surface area contributed by atoms with E-state index < -0.39 is 12.0 Å². The molecule has 0 saturated heterocycles. The van der Waals surface area contributed by atoms with Crippen molar-refractivity contribution in [2.24, 2.45) is 0 Å². The van der Waals surface area contributed by atoms with E-state index in [9.17, 15) is 14.7 Å². The first-order valence-electron chi connectivity index (χ1n) is 7.39. The molecular weight excluding hydrogens is 310 g/mol. The number of carbonyl (C=O) groups is 2. The summed E-state index contributed by atoms with van der Waals surface area (Å²) in [5.41, 5.74) is 0.888. The Labute approximate surface area is 139 Å². The Balaban J connectivity index is 1.80. The van der Waals surface area contributed by atoms with E-state index in [-0.39, 0.29) is 18.7 Å². The van der Waals surface area contributed by atoms with Crippen molar-refractivity contribution in [3.8, 4) is 0 Å². The lowest BCUT2D eigenvalue weighted by Crippen LogP contribution is -2.42. The van der Waals surface area contributed by atoms with Crippen molar-refractivity contribution < 1.29 is 14.7 Å². The summed E-state index contributed by atoms with van der Waals surface area (Å²) in [4.78, 5) is 24.4. The van der Waals surface area contributed by atoms with Crippen molar-refractivity contribution in [3.63, 3.8) is 0 Å². The second kappa shape index (κ2) is 9.00. The van der Waals surface area contributed by atoms with Crippen LogP contribution in [0.5, 0.6) is 0 Å². The van der Waals surface area contributed by atoms with Crippen LogP contribution in [-0.2, 0) is 16.0 Å². The molecule has 0 saturated carbocycles. The van der Waals surface area contributed by atoms with Gasteiger partial charge in [0.1, 0.15) is 6.04 Å². The molecule has 0 radical (unpaired) electrons. The number of rotatable bonds is 8. The highest BCUT2D eigenvalue weighted by molar-refractivity contribution is 7.99. The van der Waals surface area contributed by atoms with Crippen LogP contribution in [-0.4, -0.2) is 28.8 Å². The van der Waals surface area contributed by atoms with Crippen molar-refractivity contribution in [2.75, 3.05) is 5.75 Å². The number of amides is 1. The molecule has 1 atom stereocenters. The van der Waals surface area contributed by atoms with E-state index in [4.69, 9.17) is 0 Å². The van der Waals surface area contributed by atoms with Crippen LogP contribution in [0.2, 0.25) is 0 Å². The molecule has 5 heteroatoms. The number of nitrogens with one attached hydrogen (secondary N) is 1. The molecule has 120 valence electrons. The fourth-order valence-electron chi connectivity index (χ4n) is 2.09. The van der Waals surface area contributed by atoms with E-state index in [0.717, 1.165) is 10.5 Å². The Morgan fingerprint density at radius 3 is 2.22 bits per heavy atom. The lowest BCUT2D eigenvalue weighted by molar-refractivity contribution is -0.141. The van der Waals surface area contributed by atoms with Crippen molar-refractivity contribution in [2.45, 2.75) is 23.8 Å². The zero-order valence-corrected chi connectivity index (χ0v) is 13.5. The number of carboxylic acid groups (broad SMARTS) is 1. The van der Waals surface area contributed by atoms with Crippen LogP contribution < -0.4 is 5.32 Å². The fraction of sp³-hybridized carbons (Fsp3) is 0.222. The first kappa shape index (κ1) is 17.1. The van der Waals surface area contributed by atoms with Gasteiger partial charge in [-0.25, -0.2) is 4.79 Å². The molecule has 2 rings (SSSR count). The normalized spacial score (nSPS) is 11.7. The zero-order chi connectivity index (χ0) is 16.5. The molecule has 2 N–H and O–H groups in total. The molecular formula is C18H19NO3S. The molecule has 0 bridgehead atoms. The van der Waals surface area contributed by atoms with Gasteiger partial charge in [0.2, 0.25) is 5.91 Å². The zero-order valence-electron chi connectivity index (χ0n) is 12.6. The third kappa shape index (κ3) is 6.16. The minimum Gasteiger partial charge on any atom is -0.480 e. The number of carbonyl (C=O) groups excluding carboxylic acids is 1. The van der Waals surface area contributed by atoms with Gasteiger partial charge in [-0.2, -0.15) is 0 Å². The number of aliphatic carboxylic acids is 1. The van der Waals surface area contributed by atoms with Crippen LogP contribution in [0.15, 0.2) is 65.6 Å². The van der Waals surface area contributed by atoms with E-state index in [1.54, 1.807) is 11.8 Å². The maximum absolute atomic E-state index is 12.0. The van der Waals surface area contributed by atoms with E-state index >= 15 is 0 Å². The van der Waals surface area contributed by atoms with Gasteiger partial charge < -0.3 is 10.4 Å².